The van der Waals surface area contributed by atoms with Crippen molar-refractivity contribution in [3.05, 3.63) is 45.6 Å². The fourth-order valence-corrected chi connectivity index (χ4v) is 3.61. The predicted molar refractivity (Wildman–Crippen MR) is 111 cm³/mol. The van der Waals surface area contributed by atoms with Gasteiger partial charge in [-0.1, -0.05) is 5.21 Å². The van der Waals surface area contributed by atoms with E-state index in [0.717, 1.165) is 29.4 Å². The lowest BCUT2D eigenvalue weighted by molar-refractivity contribution is -0.144. The Hall–Kier alpha value is -3.36. The van der Waals surface area contributed by atoms with Crippen LogP contribution in [0.2, 0.25) is 0 Å². The average molecular weight is 427 g/mol. The van der Waals surface area contributed by atoms with Crippen LogP contribution < -0.4 is 15.1 Å². The number of fused-ring (bicyclic) bond motifs is 2. The second kappa shape index (κ2) is 8.05. The molecule has 0 N–H and O–H groups in total. The van der Waals surface area contributed by atoms with E-state index >= 15 is 0 Å². The van der Waals surface area contributed by atoms with E-state index in [1.54, 1.807) is 13.1 Å². The van der Waals surface area contributed by atoms with E-state index in [4.69, 9.17) is 18.6 Å². The van der Waals surface area contributed by atoms with Gasteiger partial charge < -0.3 is 18.6 Å². The van der Waals surface area contributed by atoms with Crippen molar-refractivity contribution in [1.82, 2.24) is 15.0 Å². The van der Waals surface area contributed by atoms with E-state index < -0.39 is 11.6 Å². The first kappa shape index (κ1) is 20.9. The van der Waals surface area contributed by atoms with E-state index in [9.17, 15) is 9.59 Å². The molecule has 0 unspecified atom stereocenters. The smallest absolute Gasteiger partial charge is 0.336 e. The third kappa shape index (κ3) is 4.40. The Morgan fingerprint density at radius 1 is 1.32 bits per heavy atom. The van der Waals surface area contributed by atoms with E-state index in [2.05, 4.69) is 10.3 Å². The third-order valence-corrected chi connectivity index (χ3v) is 5.15. The summed E-state index contributed by atoms with van der Waals surface area (Å²) in [6.07, 6.45) is 3.30. The molecule has 164 valence electrons. The molecule has 1 aliphatic rings. The Balaban J connectivity index is 1.67. The minimum atomic E-state index is -0.453. The highest BCUT2D eigenvalue weighted by atomic mass is 16.5. The highest BCUT2D eigenvalue weighted by Gasteiger charge is 2.31. The van der Waals surface area contributed by atoms with Crippen LogP contribution in [0.15, 0.2) is 27.5 Å². The number of aryl methyl sites for hydroxylation is 2. The Morgan fingerprint density at radius 3 is 2.90 bits per heavy atom. The fraction of sp³-hybridized carbons (Fsp3) is 0.455. The van der Waals surface area contributed by atoms with Crippen LogP contribution in [0.1, 0.15) is 44.0 Å². The van der Waals surface area contributed by atoms with Gasteiger partial charge in [-0.3, -0.25) is 4.79 Å². The summed E-state index contributed by atoms with van der Waals surface area (Å²) >= 11 is 0. The largest absolute Gasteiger partial charge is 0.484 e. The van der Waals surface area contributed by atoms with Crippen LogP contribution in [0.4, 0.5) is 0 Å². The predicted octanol–water partition coefficient (Wildman–Crippen LogP) is 2.94. The van der Waals surface area contributed by atoms with E-state index in [1.165, 1.54) is 10.7 Å². The number of rotatable bonds is 6. The number of ether oxygens (including phenoxy) is 3. The summed E-state index contributed by atoms with van der Waals surface area (Å²) in [6.45, 7) is 7.97. The van der Waals surface area contributed by atoms with Crippen LogP contribution in [-0.4, -0.2) is 33.2 Å². The normalized spacial score (nSPS) is 14.7. The van der Waals surface area contributed by atoms with Crippen LogP contribution in [0.25, 0.3) is 11.0 Å². The van der Waals surface area contributed by atoms with Crippen molar-refractivity contribution >= 4 is 16.9 Å². The molecule has 3 aromatic rings. The fourth-order valence-electron chi connectivity index (χ4n) is 3.61. The number of esters is 1. The number of carbonyl (C=O) groups is 1. The van der Waals surface area contributed by atoms with Crippen LogP contribution in [0, 0.1) is 6.92 Å². The molecule has 0 saturated heterocycles. The van der Waals surface area contributed by atoms with Gasteiger partial charge in [0.05, 0.1) is 12.8 Å². The Labute approximate surface area is 178 Å². The Morgan fingerprint density at radius 2 is 2.13 bits per heavy atom. The number of hydrogen-bond donors (Lipinski definition) is 0. The van der Waals surface area contributed by atoms with Crippen molar-refractivity contribution in [2.24, 2.45) is 0 Å². The van der Waals surface area contributed by atoms with Gasteiger partial charge >= 0.3 is 11.6 Å². The van der Waals surface area contributed by atoms with Gasteiger partial charge in [-0.25, -0.2) is 9.48 Å². The zero-order chi connectivity index (χ0) is 22.2. The first-order valence-electron chi connectivity index (χ1n) is 10.2. The zero-order valence-corrected chi connectivity index (χ0v) is 18.1. The van der Waals surface area contributed by atoms with E-state index in [1.807, 2.05) is 26.8 Å². The van der Waals surface area contributed by atoms with Crippen molar-refractivity contribution < 1.29 is 23.4 Å². The van der Waals surface area contributed by atoms with Gasteiger partial charge in [0, 0.05) is 11.5 Å². The second-order valence-electron chi connectivity index (χ2n) is 8.18. The second-order valence-corrected chi connectivity index (χ2v) is 8.18. The van der Waals surface area contributed by atoms with Gasteiger partial charge in [0.15, 0.2) is 11.3 Å². The van der Waals surface area contributed by atoms with Crippen LogP contribution in [0.5, 0.6) is 11.5 Å². The van der Waals surface area contributed by atoms with Gasteiger partial charge in [0.25, 0.3) is 0 Å². The van der Waals surface area contributed by atoms with E-state index in [-0.39, 0.29) is 18.8 Å². The summed E-state index contributed by atoms with van der Waals surface area (Å²) < 4.78 is 24.1. The molecule has 0 radical (unpaired) electrons. The summed E-state index contributed by atoms with van der Waals surface area (Å²) in [5.74, 6) is 0.563. The molecule has 0 fully saturated rings. The maximum absolute atomic E-state index is 12.1. The molecule has 31 heavy (non-hydrogen) atoms. The Kier molecular flexibility index (Phi) is 5.43. The van der Waals surface area contributed by atoms with E-state index in [0.29, 0.717) is 29.4 Å². The maximum atomic E-state index is 12.1. The molecular formula is C22H25N3O6. The van der Waals surface area contributed by atoms with Crippen LogP contribution in [-0.2, 0) is 29.1 Å². The summed E-state index contributed by atoms with van der Waals surface area (Å²) in [6, 6.07) is 3.47. The molecule has 0 bridgehead atoms. The molecule has 3 heterocycles. The lowest BCUT2D eigenvalue weighted by atomic mass is 9.92. The van der Waals surface area contributed by atoms with Crippen LogP contribution in [0.3, 0.4) is 0 Å². The van der Waals surface area contributed by atoms with Crippen molar-refractivity contribution in [1.29, 1.82) is 0 Å². The molecule has 0 amide bonds. The molecule has 4 rings (SSSR count). The molecule has 0 aliphatic carbocycles. The maximum Gasteiger partial charge on any atom is 0.336 e. The lowest BCUT2D eigenvalue weighted by Gasteiger charge is -2.33. The highest BCUT2D eigenvalue weighted by Crippen LogP contribution is 2.45. The third-order valence-electron chi connectivity index (χ3n) is 5.15. The SMILES string of the molecule is CCOC(=O)Cn1cc(COc2c3c(cc4c(C)cc(=O)oc24)CCC(C)(C)O3)nn1. The topological polar surface area (TPSA) is 106 Å². The highest BCUT2D eigenvalue weighted by molar-refractivity contribution is 5.89. The van der Waals surface area contributed by atoms with Gasteiger partial charge in [0.2, 0.25) is 5.75 Å². The first-order valence-corrected chi connectivity index (χ1v) is 10.2. The quantitative estimate of drug-likeness (QED) is 0.437. The number of nitrogens with zero attached hydrogens (tertiary/aromatic N) is 3. The Bertz CT molecular complexity index is 1190. The number of hydrogen-bond acceptors (Lipinski definition) is 8. The number of benzene rings is 1. The summed E-state index contributed by atoms with van der Waals surface area (Å²) in [5, 5.41) is 8.79. The zero-order valence-electron chi connectivity index (χ0n) is 18.1. The molecule has 1 aromatic carbocycles. The van der Waals surface area contributed by atoms with Crippen molar-refractivity contribution in [2.45, 2.75) is 59.3 Å². The van der Waals surface area contributed by atoms with Crippen molar-refractivity contribution in [3.8, 4) is 11.5 Å². The molecule has 0 spiro atoms. The summed E-state index contributed by atoms with van der Waals surface area (Å²) in [5.41, 5.74) is 1.85. The van der Waals surface area contributed by atoms with Crippen molar-refractivity contribution in [3.63, 3.8) is 0 Å². The lowest BCUT2D eigenvalue weighted by Crippen LogP contribution is -2.32. The minimum absolute atomic E-state index is 0.0319. The monoisotopic (exact) mass is 427 g/mol. The molecule has 0 atom stereocenters. The number of aromatic nitrogens is 3. The van der Waals surface area contributed by atoms with Gasteiger partial charge in [-0.05, 0) is 57.7 Å². The first-order chi connectivity index (χ1) is 14.8. The van der Waals surface area contributed by atoms with Gasteiger partial charge in [-0.2, -0.15) is 0 Å². The van der Waals surface area contributed by atoms with Crippen molar-refractivity contribution in [2.75, 3.05) is 6.61 Å². The van der Waals surface area contributed by atoms with Gasteiger partial charge in [0.1, 0.15) is 24.4 Å². The average Bonchev–Trinajstić information content (AvgIpc) is 3.12. The summed E-state index contributed by atoms with van der Waals surface area (Å²) in [4.78, 5) is 23.7. The molecular weight excluding hydrogens is 402 g/mol. The van der Waals surface area contributed by atoms with Crippen LogP contribution >= 0.6 is 0 Å². The summed E-state index contributed by atoms with van der Waals surface area (Å²) in [7, 11) is 0. The van der Waals surface area contributed by atoms with Gasteiger partial charge in [-0.15, -0.1) is 5.10 Å². The molecule has 2 aromatic heterocycles. The number of carbonyl (C=O) groups excluding carboxylic acids is 1. The minimum Gasteiger partial charge on any atom is -0.484 e. The standard InChI is InChI=1S/C22H25N3O6/c1-5-28-18(27)11-25-10-15(23-24-25)12-29-21-19-14(6-7-22(3,4)31-19)9-16-13(2)8-17(26)30-20(16)21/h8-10H,5-7,11-12H2,1-4H3. The molecule has 1 aliphatic heterocycles. The molecule has 0 saturated carbocycles. The molecule has 9 nitrogen and oxygen atoms in total. The molecule has 9 heteroatoms.